The Morgan fingerprint density at radius 1 is 0.500 bits per heavy atom. The van der Waals surface area contributed by atoms with E-state index in [9.17, 15) is 8.78 Å². The molecule has 0 saturated carbocycles. The molecule has 0 spiro atoms. The minimum absolute atomic E-state index is 0.202. The smallest absolute Gasteiger partial charge is 0.166 e. The molecule has 0 aliphatic carbocycles. The second kappa shape index (κ2) is 17.1. The summed E-state index contributed by atoms with van der Waals surface area (Å²) in [4.78, 5) is 0. The van der Waals surface area contributed by atoms with Gasteiger partial charge >= 0.3 is 0 Å². The maximum absolute atomic E-state index is 14.7. The first-order valence-corrected chi connectivity index (χ1v) is 13.2. The van der Waals surface area contributed by atoms with Gasteiger partial charge in [0.1, 0.15) is 11.5 Å². The van der Waals surface area contributed by atoms with Gasteiger partial charge in [-0.1, -0.05) is 78.1 Å². The molecule has 4 heteroatoms. The van der Waals surface area contributed by atoms with Gasteiger partial charge in [0.25, 0.3) is 0 Å². The molecule has 188 valence electrons. The van der Waals surface area contributed by atoms with Crippen LogP contribution < -0.4 is 9.47 Å². The van der Waals surface area contributed by atoms with Crippen LogP contribution in [0.5, 0.6) is 11.5 Å². The molecule has 0 fully saturated rings. The molecule has 0 atom stereocenters. The minimum Gasteiger partial charge on any atom is -0.494 e. The largest absolute Gasteiger partial charge is 0.494 e. The van der Waals surface area contributed by atoms with Gasteiger partial charge in [-0.15, -0.1) is 0 Å². The van der Waals surface area contributed by atoms with Crippen LogP contribution >= 0.6 is 0 Å². The normalized spacial score (nSPS) is 11.9. The van der Waals surface area contributed by atoms with Gasteiger partial charge in [0.2, 0.25) is 0 Å². The fourth-order valence-corrected chi connectivity index (χ4v) is 3.79. The Morgan fingerprint density at radius 3 is 1.18 bits per heavy atom. The first kappa shape index (κ1) is 27.9. The summed E-state index contributed by atoms with van der Waals surface area (Å²) in [7, 11) is 0. The van der Waals surface area contributed by atoms with Crippen molar-refractivity contribution in [2.24, 2.45) is 0 Å². The minimum atomic E-state index is -0.872. The van der Waals surface area contributed by atoms with Crippen molar-refractivity contribution in [2.45, 2.75) is 90.9 Å². The molecule has 0 unspecified atom stereocenters. The zero-order chi connectivity index (χ0) is 24.4. The summed E-state index contributed by atoms with van der Waals surface area (Å²) in [6.45, 7) is 5.71. The number of ether oxygens (including phenoxy) is 2. The van der Waals surface area contributed by atoms with E-state index in [0.717, 1.165) is 25.7 Å². The molecule has 0 amide bonds. The highest BCUT2D eigenvalue weighted by Crippen LogP contribution is 2.30. The molecular weight excluding hydrogens is 430 g/mol. The predicted octanol–water partition coefficient (Wildman–Crippen LogP) is 9.93. The first-order chi connectivity index (χ1) is 16.7. The molecule has 34 heavy (non-hydrogen) atoms. The quantitative estimate of drug-likeness (QED) is 0.159. The molecule has 0 heterocycles. The van der Waals surface area contributed by atoms with Crippen molar-refractivity contribution in [3.05, 3.63) is 59.7 Å². The van der Waals surface area contributed by atoms with Crippen LogP contribution in [0.2, 0.25) is 0 Å². The van der Waals surface area contributed by atoms with Crippen LogP contribution in [0.15, 0.2) is 48.5 Å². The molecule has 2 rings (SSSR count). The predicted molar refractivity (Wildman–Crippen MR) is 140 cm³/mol. The van der Waals surface area contributed by atoms with Crippen LogP contribution in [0.4, 0.5) is 8.78 Å². The number of halogens is 2. The Labute approximate surface area is 205 Å². The van der Waals surface area contributed by atoms with Crippen molar-refractivity contribution in [1.82, 2.24) is 0 Å². The highest BCUT2D eigenvalue weighted by molar-refractivity contribution is 5.83. The number of hydrogen-bond donors (Lipinski definition) is 0. The molecule has 0 aliphatic rings. The van der Waals surface area contributed by atoms with Gasteiger partial charge in [0.05, 0.1) is 13.2 Å². The summed E-state index contributed by atoms with van der Waals surface area (Å²) in [6.07, 6.45) is 14.4. The van der Waals surface area contributed by atoms with Crippen molar-refractivity contribution in [3.8, 4) is 11.5 Å². The van der Waals surface area contributed by atoms with Crippen molar-refractivity contribution in [1.29, 1.82) is 0 Å². The summed E-state index contributed by atoms with van der Waals surface area (Å²) >= 11 is 0. The average Bonchev–Trinajstić information content (AvgIpc) is 2.87. The zero-order valence-electron chi connectivity index (χ0n) is 21.1. The Morgan fingerprint density at radius 2 is 0.824 bits per heavy atom. The van der Waals surface area contributed by atoms with Gasteiger partial charge in [-0.3, -0.25) is 0 Å². The fraction of sp³-hybridized carbons (Fsp3) is 0.533. The number of benzene rings is 2. The van der Waals surface area contributed by atoms with Crippen molar-refractivity contribution >= 4 is 11.7 Å². The Kier molecular flexibility index (Phi) is 14.0. The van der Waals surface area contributed by atoms with Gasteiger partial charge in [0.15, 0.2) is 11.7 Å². The summed E-state index contributed by atoms with van der Waals surface area (Å²) in [5.74, 6) is -0.388. The lowest BCUT2D eigenvalue weighted by atomic mass is 10.1. The van der Waals surface area contributed by atoms with Crippen molar-refractivity contribution in [3.63, 3.8) is 0 Å². The SMILES string of the molecule is CCCCCCCCOc1ccc(/C(F)=C(\F)c2ccc(OCCCCCCCC)cc2)cc1. The third kappa shape index (κ3) is 10.7. The number of unbranched alkanes of at least 4 members (excludes halogenated alkanes) is 10. The second-order valence-electron chi connectivity index (χ2n) is 8.91. The van der Waals surface area contributed by atoms with Gasteiger partial charge in [-0.05, 0) is 61.4 Å². The third-order valence-corrected chi connectivity index (χ3v) is 5.94. The Hall–Kier alpha value is -2.36. The van der Waals surface area contributed by atoms with Crippen LogP contribution in [0, 0.1) is 0 Å². The lowest BCUT2D eigenvalue weighted by Crippen LogP contribution is -1.97. The second-order valence-corrected chi connectivity index (χ2v) is 8.91. The molecule has 2 aromatic carbocycles. The Bertz CT molecular complexity index is 743. The summed E-state index contributed by atoms with van der Waals surface area (Å²) in [5, 5.41) is 0. The number of hydrogen-bond acceptors (Lipinski definition) is 2. The Balaban J connectivity index is 1.78. The van der Waals surface area contributed by atoms with Crippen LogP contribution in [0.1, 0.15) is 102 Å². The summed E-state index contributed by atoms with van der Waals surface area (Å²) in [6, 6.07) is 13.0. The fourth-order valence-electron chi connectivity index (χ4n) is 3.79. The molecular formula is C30H42F2O2. The van der Waals surface area contributed by atoms with Gasteiger partial charge in [-0.2, -0.15) is 0 Å². The molecule has 2 aromatic rings. The van der Waals surface area contributed by atoms with Crippen molar-refractivity contribution in [2.75, 3.05) is 13.2 Å². The number of rotatable bonds is 18. The average molecular weight is 473 g/mol. The van der Waals surface area contributed by atoms with E-state index in [-0.39, 0.29) is 11.1 Å². The summed E-state index contributed by atoms with van der Waals surface area (Å²) in [5.41, 5.74) is 0.403. The van der Waals surface area contributed by atoms with Gasteiger partial charge < -0.3 is 9.47 Å². The van der Waals surface area contributed by atoms with E-state index in [1.54, 1.807) is 48.5 Å². The topological polar surface area (TPSA) is 18.5 Å². The molecule has 0 N–H and O–H groups in total. The third-order valence-electron chi connectivity index (χ3n) is 5.94. The van der Waals surface area contributed by atoms with Crippen LogP contribution in [0.25, 0.3) is 11.7 Å². The van der Waals surface area contributed by atoms with Crippen molar-refractivity contribution < 1.29 is 18.3 Å². The standard InChI is InChI=1S/C30H42F2O2/c1-3-5-7-9-11-13-23-33-27-19-15-25(16-20-27)29(31)30(32)26-17-21-28(22-18-26)34-24-14-12-10-8-6-4-2/h15-22H,3-14,23-24H2,1-2H3/b30-29+. The van der Waals surface area contributed by atoms with Crippen LogP contribution in [-0.4, -0.2) is 13.2 Å². The van der Waals surface area contributed by atoms with Crippen LogP contribution in [0.3, 0.4) is 0 Å². The molecule has 0 aromatic heterocycles. The maximum Gasteiger partial charge on any atom is 0.166 e. The van der Waals surface area contributed by atoms with E-state index in [1.807, 2.05) is 0 Å². The highest BCUT2D eigenvalue weighted by atomic mass is 19.2. The molecule has 0 aliphatic heterocycles. The monoisotopic (exact) mass is 472 g/mol. The molecule has 0 radical (unpaired) electrons. The van der Waals surface area contributed by atoms with E-state index in [1.165, 1.54) is 51.4 Å². The molecule has 0 saturated heterocycles. The van der Waals surface area contributed by atoms with E-state index in [0.29, 0.717) is 24.7 Å². The van der Waals surface area contributed by atoms with Gasteiger partial charge in [0, 0.05) is 11.1 Å². The van der Waals surface area contributed by atoms with Gasteiger partial charge in [-0.25, -0.2) is 8.78 Å². The maximum atomic E-state index is 14.7. The lowest BCUT2D eigenvalue weighted by molar-refractivity contribution is 0.304. The van der Waals surface area contributed by atoms with Crippen LogP contribution in [-0.2, 0) is 0 Å². The van der Waals surface area contributed by atoms with E-state index in [4.69, 9.17) is 9.47 Å². The first-order valence-electron chi connectivity index (χ1n) is 13.2. The zero-order valence-corrected chi connectivity index (χ0v) is 21.1. The van der Waals surface area contributed by atoms with E-state index < -0.39 is 11.7 Å². The van der Waals surface area contributed by atoms with E-state index in [2.05, 4.69) is 13.8 Å². The van der Waals surface area contributed by atoms with E-state index >= 15 is 0 Å². The lowest BCUT2D eigenvalue weighted by Gasteiger charge is -2.08. The highest BCUT2D eigenvalue weighted by Gasteiger charge is 2.12. The molecule has 0 bridgehead atoms. The summed E-state index contributed by atoms with van der Waals surface area (Å²) < 4.78 is 40.9. The molecule has 2 nitrogen and oxygen atoms in total.